The second-order valence-electron chi connectivity index (χ2n) is 18.8. The van der Waals surface area contributed by atoms with Crippen LogP contribution in [0.15, 0.2) is 115 Å². The minimum atomic E-state index is -4.78. The fraction of sp³-hybridized carbons (Fsp3) is 0.119. The Labute approximate surface area is 461 Å². The van der Waals surface area contributed by atoms with Gasteiger partial charge in [-0.05, 0) is 79.4 Å². The highest BCUT2D eigenvalue weighted by atomic mass is 32.1. The topological polar surface area (TPSA) is 18.5 Å². The van der Waals surface area contributed by atoms with Gasteiger partial charge in [0, 0.05) is 17.3 Å². The van der Waals surface area contributed by atoms with Gasteiger partial charge < -0.3 is 9.47 Å². The molecular formula is C59H35BF20O2S. The Bertz CT molecular complexity index is 3560. The van der Waals surface area contributed by atoms with Gasteiger partial charge in [0.1, 0.15) is 16.9 Å². The molecular weight excluding hydrogens is 1160 g/mol. The van der Waals surface area contributed by atoms with Crippen LogP contribution in [0, 0.1) is 116 Å². The number of hydrogen-bond acceptors (Lipinski definition) is 2. The fourth-order valence-electron chi connectivity index (χ4n) is 10.2. The Morgan fingerprint density at radius 3 is 0.892 bits per heavy atom. The lowest BCUT2D eigenvalue weighted by atomic mass is 9.16. The van der Waals surface area contributed by atoms with Crippen LogP contribution in [0.2, 0.25) is 0 Å². The van der Waals surface area contributed by atoms with Crippen LogP contribution in [0.4, 0.5) is 87.8 Å². The second kappa shape index (κ2) is 24.7. The van der Waals surface area contributed by atoms with E-state index in [1.54, 1.807) is 14.2 Å². The Hall–Kier alpha value is -8.28. The van der Waals surface area contributed by atoms with Crippen molar-refractivity contribution >= 4 is 39.0 Å². The molecule has 0 aliphatic rings. The maximum absolute atomic E-state index is 14.9. The minimum absolute atomic E-state index is 0.0730. The first kappa shape index (κ1) is 60.8. The van der Waals surface area contributed by atoms with Crippen LogP contribution in [0.1, 0.15) is 44.2 Å². The predicted octanol–water partition coefficient (Wildman–Crippen LogP) is 17.5. The molecule has 0 saturated heterocycles. The highest BCUT2D eigenvalue weighted by Gasteiger charge is 2.41. The van der Waals surface area contributed by atoms with Crippen LogP contribution in [0.5, 0.6) is 11.5 Å². The molecule has 24 heteroatoms. The van der Waals surface area contributed by atoms with Crippen LogP contribution >= 0.6 is 11.3 Å². The molecule has 0 amide bonds. The number of rotatable bonds is 13. The van der Waals surface area contributed by atoms with E-state index in [0.717, 1.165) is 34.0 Å². The third kappa shape index (κ3) is 11.4. The molecule has 0 bridgehead atoms. The van der Waals surface area contributed by atoms with Gasteiger partial charge in [0.25, 0.3) is 0 Å². The van der Waals surface area contributed by atoms with Crippen molar-refractivity contribution in [1.82, 2.24) is 0 Å². The van der Waals surface area contributed by atoms with Crippen LogP contribution in [0.25, 0.3) is 21.5 Å². The molecule has 8 aromatic carbocycles. The van der Waals surface area contributed by atoms with Gasteiger partial charge in [0.2, 0.25) is 23.3 Å². The maximum Gasteiger partial charge on any atom is 0.200 e. The van der Waals surface area contributed by atoms with Crippen molar-refractivity contribution < 1.29 is 97.3 Å². The summed E-state index contributed by atoms with van der Waals surface area (Å²) < 4.78 is 300. The van der Waals surface area contributed by atoms with Gasteiger partial charge in [-0.2, -0.15) is 0 Å². The predicted molar refractivity (Wildman–Crippen MR) is 271 cm³/mol. The van der Waals surface area contributed by atoms with Crippen molar-refractivity contribution in [2.45, 2.75) is 31.2 Å². The molecule has 0 fully saturated rings. The summed E-state index contributed by atoms with van der Waals surface area (Å²) in [5.74, 6) is -56.1. The summed E-state index contributed by atoms with van der Waals surface area (Å²) in [6.07, 6.45) is -13.9. The molecule has 0 aliphatic carbocycles. The molecule has 0 saturated carbocycles. The zero-order valence-corrected chi connectivity index (χ0v) is 43.2. The molecule has 0 unspecified atom stereocenters. The molecule has 9 rings (SSSR count). The summed E-state index contributed by atoms with van der Waals surface area (Å²) in [6, 6.07) is 38.1. The Morgan fingerprint density at radius 1 is 0.313 bits per heavy atom. The summed E-state index contributed by atoms with van der Waals surface area (Å²) in [5.41, 5.74) is -6.66. The third-order valence-corrected chi connectivity index (χ3v) is 15.0. The van der Waals surface area contributed by atoms with Crippen molar-refractivity contribution in [3.05, 3.63) is 269 Å². The molecule has 1 heterocycles. The molecule has 9 aromatic rings. The Balaban J connectivity index is 0.000000230. The molecule has 83 heavy (non-hydrogen) atoms. The van der Waals surface area contributed by atoms with E-state index in [2.05, 4.69) is 115 Å². The minimum Gasteiger partial charge on any atom is -0.496 e. The molecule has 0 aliphatic heterocycles. The van der Waals surface area contributed by atoms with E-state index < -0.39 is 170 Å². The van der Waals surface area contributed by atoms with Crippen LogP contribution in [0.3, 0.4) is 0 Å². The van der Waals surface area contributed by atoms with Crippen molar-refractivity contribution in [1.29, 1.82) is 0 Å². The van der Waals surface area contributed by atoms with Crippen molar-refractivity contribution in [3.63, 3.8) is 0 Å². The first-order valence-corrected chi connectivity index (χ1v) is 25.1. The number of methoxy groups -OCH3 is 2. The van der Waals surface area contributed by atoms with Gasteiger partial charge in [-0.3, -0.25) is 0 Å². The molecule has 432 valence electrons. The first-order valence-electron chi connectivity index (χ1n) is 24.2. The summed E-state index contributed by atoms with van der Waals surface area (Å²) in [4.78, 5) is 1.25. The van der Waals surface area contributed by atoms with Gasteiger partial charge in [0.15, 0.2) is 98.0 Å². The summed E-state index contributed by atoms with van der Waals surface area (Å²) in [5, 5.41) is 6.94. The zero-order chi connectivity index (χ0) is 60.5. The number of halogens is 20. The van der Waals surface area contributed by atoms with Gasteiger partial charge in [-0.1, -0.05) is 84.9 Å². The lowest BCUT2D eigenvalue weighted by Gasteiger charge is -2.41. The highest BCUT2D eigenvalue weighted by Crippen LogP contribution is 2.48. The van der Waals surface area contributed by atoms with E-state index >= 15 is 0 Å². The van der Waals surface area contributed by atoms with Gasteiger partial charge in [-0.15, -0.1) is 25.3 Å². The molecule has 0 radical (unpaired) electrons. The SMILES string of the molecule is COc1ccc2ccccc2c1C(c1ccccccc[sH+]1)c1c(OC)ccc2ccccc12.Fc1c(F)c(F)c(C[B-](Cc2c(F)c(F)c(F)c(F)c2F)(Cc2c(F)c(F)c(F)c(F)c2F)Cc2c(F)c(F)c(F)c(F)c2F)c(F)c1F. The van der Waals surface area contributed by atoms with E-state index in [0.29, 0.717) is 0 Å². The third-order valence-electron chi connectivity index (χ3n) is 13.9. The monoisotopic (exact) mass is 1200 g/mol. The summed E-state index contributed by atoms with van der Waals surface area (Å²) in [6.45, 7) is 0. The summed E-state index contributed by atoms with van der Waals surface area (Å²) >= 11 is 1.12. The Kier molecular flexibility index (Phi) is 18.1. The molecule has 0 N–H and O–H groups in total. The standard InChI is InChI=1S/C31H26O2S.C28H8BF20/c1-32-26-19-17-22-12-7-9-14-24(22)29(26)31(28-16-6-4-3-5-11-21-34-28)30-25-15-10-8-13-23(25)18-20-27(30)33-2;30-9-5(10(31)18(39)25(46)17(9)38)1-29(2-6-11(32)19(40)26(47)20(41)12(6)33,3-7-13(34)21(42)27(48)22(43)14(7)35)4-8-15(36)23(44)28(49)24(45)16(8)37/h3-21,31H,1-2H3;1-4H2/q;-1/p+1. The molecule has 0 spiro atoms. The average molecular weight is 1200 g/mol. The van der Waals surface area contributed by atoms with E-state index in [9.17, 15) is 87.8 Å². The van der Waals surface area contributed by atoms with Gasteiger partial charge >= 0.3 is 0 Å². The summed E-state index contributed by atoms with van der Waals surface area (Å²) in [7, 11) is 3.51. The van der Waals surface area contributed by atoms with Crippen molar-refractivity contribution in [2.24, 2.45) is 0 Å². The lowest BCUT2D eigenvalue weighted by molar-refractivity contribution is 0.368. The van der Waals surface area contributed by atoms with Gasteiger partial charge in [-0.25, -0.2) is 87.8 Å². The van der Waals surface area contributed by atoms with E-state index in [1.807, 2.05) is 0 Å². The van der Waals surface area contributed by atoms with Crippen LogP contribution < -0.4 is 9.47 Å². The van der Waals surface area contributed by atoms with E-state index in [4.69, 9.17) is 9.47 Å². The lowest BCUT2D eigenvalue weighted by Crippen LogP contribution is -2.49. The average Bonchev–Trinajstić information content (AvgIpc) is 2.46. The van der Waals surface area contributed by atoms with Crippen molar-refractivity contribution in [2.75, 3.05) is 14.2 Å². The first-order chi connectivity index (χ1) is 39.4. The number of hydrogen-bond donors (Lipinski definition) is 0. The quantitative estimate of drug-likeness (QED) is 0.0377. The zero-order valence-electron chi connectivity index (χ0n) is 42.3. The van der Waals surface area contributed by atoms with Crippen LogP contribution in [-0.2, 0) is 25.3 Å². The number of benzene rings is 8. The molecule has 1 aromatic heterocycles. The molecule has 2 nitrogen and oxygen atoms in total. The fourth-order valence-corrected chi connectivity index (χ4v) is 11.1. The Morgan fingerprint density at radius 2 is 0.578 bits per heavy atom. The van der Waals surface area contributed by atoms with E-state index in [-0.39, 0.29) is 5.92 Å². The molecule has 0 atom stereocenters. The second-order valence-corrected chi connectivity index (χ2v) is 19.9. The van der Waals surface area contributed by atoms with Crippen molar-refractivity contribution in [3.8, 4) is 11.5 Å². The normalized spacial score (nSPS) is 11.6. The maximum atomic E-state index is 14.9. The van der Waals surface area contributed by atoms with E-state index in [1.165, 1.54) is 26.4 Å². The smallest absolute Gasteiger partial charge is 0.200 e. The number of fused-ring (bicyclic) bond motifs is 2. The largest absolute Gasteiger partial charge is 0.496 e. The van der Waals surface area contributed by atoms with Gasteiger partial charge in [0.05, 0.1) is 20.1 Å². The van der Waals surface area contributed by atoms with Crippen LogP contribution in [-0.4, -0.2) is 20.4 Å². The number of ether oxygens (including phenoxy) is 2. The highest BCUT2D eigenvalue weighted by molar-refractivity contribution is 7.09.